The van der Waals surface area contributed by atoms with Gasteiger partial charge in [-0.25, -0.2) is 0 Å². The van der Waals surface area contributed by atoms with E-state index in [0.29, 0.717) is 5.92 Å². The highest BCUT2D eigenvalue weighted by molar-refractivity contribution is 6.25. The summed E-state index contributed by atoms with van der Waals surface area (Å²) >= 11 is 0. The van der Waals surface area contributed by atoms with Gasteiger partial charge in [0, 0.05) is 0 Å². The van der Waals surface area contributed by atoms with Crippen LogP contribution in [0, 0.1) is 5.92 Å². The first-order valence-corrected chi connectivity index (χ1v) is 19.4. The summed E-state index contributed by atoms with van der Waals surface area (Å²) in [5, 5.41) is 8.02. The van der Waals surface area contributed by atoms with Gasteiger partial charge in [0.1, 0.15) is 0 Å². The molecule has 1 aliphatic rings. The monoisotopic (exact) mass is 690 g/mol. The summed E-state index contributed by atoms with van der Waals surface area (Å²) in [6, 6.07) is 38.2. The van der Waals surface area contributed by atoms with Gasteiger partial charge in [-0.1, -0.05) is 195 Å². The van der Waals surface area contributed by atoms with Crippen LogP contribution in [0.2, 0.25) is 0 Å². The average Bonchev–Trinajstić information content (AvgIpc) is 3.14. The van der Waals surface area contributed by atoms with Crippen LogP contribution in [0.25, 0.3) is 49.0 Å². The van der Waals surface area contributed by atoms with Crippen LogP contribution in [0.5, 0.6) is 0 Å². The van der Waals surface area contributed by atoms with Crippen LogP contribution in [-0.4, -0.2) is 0 Å². The smallest absolute Gasteiger partial charge is 0.00103 e. The van der Waals surface area contributed by atoms with Crippen molar-refractivity contribution in [2.45, 2.75) is 79.1 Å². The molecule has 0 saturated heterocycles. The molecule has 1 atom stereocenters. The minimum atomic E-state index is -0.184. The SMILES string of the molecule is C=C/C(=C(\C=C/C)c1c(C(C)(C)C)c2c3ccccc3c(Cc3ccccc3C3=CCC(C)C=C3)c(C(C)(C)C)c2c2ccccc12)c1ccccc1. The number of benzene rings is 6. The van der Waals surface area contributed by atoms with Gasteiger partial charge in [0.05, 0.1) is 0 Å². The van der Waals surface area contributed by atoms with E-state index in [2.05, 4.69) is 195 Å². The van der Waals surface area contributed by atoms with Gasteiger partial charge in [0.15, 0.2) is 0 Å². The molecule has 0 heteroatoms. The Hall–Kier alpha value is -5.20. The minimum absolute atomic E-state index is 0.135. The van der Waals surface area contributed by atoms with Crippen molar-refractivity contribution in [3.8, 4) is 0 Å². The first-order chi connectivity index (χ1) is 25.4. The molecule has 0 saturated carbocycles. The van der Waals surface area contributed by atoms with Crippen molar-refractivity contribution < 1.29 is 0 Å². The van der Waals surface area contributed by atoms with E-state index >= 15 is 0 Å². The van der Waals surface area contributed by atoms with Crippen molar-refractivity contribution in [1.82, 2.24) is 0 Å². The van der Waals surface area contributed by atoms with Gasteiger partial charge in [-0.15, -0.1) is 0 Å². The van der Waals surface area contributed by atoms with Crippen molar-refractivity contribution in [2.75, 3.05) is 0 Å². The van der Waals surface area contributed by atoms with Gasteiger partial charge in [-0.05, 0) is 124 Å². The zero-order chi connectivity index (χ0) is 37.5. The highest BCUT2D eigenvalue weighted by Gasteiger charge is 2.32. The first kappa shape index (κ1) is 36.2. The number of allylic oxidation sites excluding steroid dienone is 9. The molecule has 0 aliphatic heterocycles. The molecule has 7 rings (SSSR count). The van der Waals surface area contributed by atoms with Crippen LogP contribution in [0.4, 0.5) is 0 Å². The Morgan fingerprint density at radius 1 is 0.679 bits per heavy atom. The second-order valence-corrected chi connectivity index (χ2v) is 16.9. The lowest BCUT2D eigenvalue weighted by Crippen LogP contribution is -2.20. The van der Waals surface area contributed by atoms with Crippen molar-refractivity contribution in [3.63, 3.8) is 0 Å². The summed E-state index contributed by atoms with van der Waals surface area (Å²) < 4.78 is 0. The fraction of sp³-hybridized carbons (Fsp3) is 0.245. The maximum Gasteiger partial charge on any atom is -0.00103 e. The fourth-order valence-electron chi connectivity index (χ4n) is 8.81. The topological polar surface area (TPSA) is 0 Å². The van der Waals surface area contributed by atoms with Crippen molar-refractivity contribution in [2.24, 2.45) is 5.92 Å². The summed E-state index contributed by atoms with van der Waals surface area (Å²) in [5.41, 5.74) is 12.8. The fourth-order valence-corrected chi connectivity index (χ4v) is 8.81. The molecule has 0 aromatic heterocycles. The highest BCUT2D eigenvalue weighted by atomic mass is 14.4. The molecular weight excluding hydrogens is 637 g/mol. The molecule has 6 aromatic carbocycles. The Morgan fingerprint density at radius 3 is 1.85 bits per heavy atom. The van der Waals surface area contributed by atoms with Gasteiger partial charge < -0.3 is 0 Å². The molecule has 0 N–H and O–H groups in total. The number of rotatable bonds is 7. The van der Waals surface area contributed by atoms with E-state index in [0.717, 1.165) is 18.4 Å². The largest absolute Gasteiger partial charge is 0.0984 e. The van der Waals surface area contributed by atoms with E-state index < -0.39 is 0 Å². The lowest BCUT2D eigenvalue weighted by molar-refractivity contribution is 0.588. The Kier molecular flexibility index (Phi) is 9.77. The predicted molar refractivity (Wildman–Crippen MR) is 235 cm³/mol. The molecule has 53 heavy (non-hydrogen) atoms. The lowest BCUT2D eigenvalue weighted by atomic mass is 9.69. The standard InChI is InChI=1S/C53H54/c1-10-21-42(39(11-2)36-22-13-12-14-23-36)47-44-28-19-20-29-45(44)48-49(51(47)53(7,8)9)43-27-18-17-26-41(43)46(50(48)52(4,5)6)34-38-24-15-16-25-40(38)37-32-30-35(3)31-33-37/h10-30,32-33,35H,2,31,34H2,1,3-9H3/b21-10-,42-39-. The Bertz CT molecular complexity index is 2480. The summed E-state index contributed by atoms with van der Waals surface area (Å²) in [6.07, 6.45) is 15.6. The Labute approximate surface area is 318 Å². The Morgan fingerprint density at radius 2 is 1.25 bits per heavy atom. The van der Waals surface area contributed by atoms with Crippen molar-refractivity contribution in [1.29, 1.82) is 0 Å². The maximum absolute atomic E-state index is 4.39. The lowest BCUT2D eigenvalue weighted by Gasteiger charge is -2.34. The van der Waals surface area contributed by atoms with Crippen LogP contribution < -0.4 is 0 Å². The molecule has 1 unspecified atom stereocenters. The van der Waals surface area contributed by atoms with E-state index in [9.17, 15) is 0 Å². The average molecular weight is 691 g/mol. The van der Waals surface area contributed by atoms with Gasteiger partial charge in [-0.2, -0.15) is 0 Å². The highest BCUT2D eigenvalue weighted by Crippen LogP contribution is 2.51. The molecular formula is C53H54. The van der Waals surface area contributed by atoms with Crippen LogP contribution >= 0.6 is 0 Å². The number of hydrogen-bond donors (Lipinski definition) is 0. The summed E-state index contributed by atoms with van der Waals surface area (Å²) in [6.45, 7) is 23.2. The molecule has 0 heterocycles. The second-order valence-electron chi connectivity index (χ2n) is 16.9. The molecule has 6 aromatic rings. The predicted octanol–water partition coefficient (Wildman–Crippen LogP) is 15.0. The van der Waals surface area contributed by atoms with Gasteiger partial charge >= 0.3 is 0 Å². The Balaban J connectivity index is 1.69. The molecule has 0 radical (unpaired) electrons. The van der Waals surface area contributed by atoms with E-state index in [4.69, 9.17) is 0 Å². The van der Waals surface area contributed by atoms with Crippen LogP contribution in [0.3, 0.4) is 0 Å². The zero-order valence-electron chi connectivity index (χ0n) is 33.0. The number of hydrogen-bond acceptors (Lipinski definition) is 0. The molecule has 266 valence electrons. The van der Waals surface area contributed by atoms with Gasteiger partial charge in [0.2, 0.25) is 0 Å². The number of fused-ring (bicyclic) bond motifs is 5. The van der Waals surface area contributed by atoms with Crippen molar-refractivity contribution in [3.05, 3.63) is 185 Å². The molecule has 0 fully saturated rings. The molecule has 0 bridgehead atoms. The summed E-state index contributed by atoms with van der Waals surface area (Å²) in [7, 11) is 0. The molecule has 0 spiro atoms. The normalized spacial score (nSPS) is 15.7. The van der Waals surface area contributed by atoms with Gasteiger partial charge in [-0.3, -0.25) is 0 Å². The van der Waals surface area contributed by atoms with E-state index in [1.165, 1.54) is 82.4 Å². The quantitative estimate of drug-likeness (QED) is 0.0888. The molecule has 0 amide bonds. The minimum Gasteiger partial charge on any atom is -0.0984 e. The third-order valence-corrected chi connectivity index (χ3v) is 11.0. The van der Waals surface area contributed by atoms with Crippen molar-refractivity contribution >= 4 is 49.0 Å². The van der Waals surface area contributed by atoms with E-state index in [1.807, 2.05) is 6.08 Å². The maximum atomic E-state index is 4.39. The molecule has 1 aliphatic carbocycles. The van der Waals surface area contributed by atoms with E-state index in [-0.39, 0.29) is 10.8 Å². The van der Waals surface area contributed by atoms with Crippen LogP contribution in [0.1, 0.15) is 101 Å². The first-order valence-electron chi connectivity index (χ1n) is 19.4. The molecule has 0 nitrogen and oxygen atoms in total. The third-order valence-electron chi connectivity index (χ3n) is 11.0. The van der Waals surface area contributed by atoms with Gasteiger partial charge in [0.25, 0.3) is 0 Å². The van der Waals surface area contributed by atoms with E-state index in [1.54, 1.807) is 0 Å². The summed E-state index contributed by atoms with van der Waals surface area (Å²) in [4.78, 5) is 0. The van der Waals surface area contributed by atoms with Crippen LogP contribution in [-0.2, 0) is 17.3 Å². The summed E-state index contributed by atoms with van der Waals surface area (Å²) in [5.74, 6) is 0.580. The zero-order valence-corrected chi connectivity index (χ0v) is 33.0. The van der Waals surface area contributed by atoms with Crippen LogP contribution in [0.15, 0.2) is 146 Å². The second kappa shape index (κ2) is 14.3. The third kappa shape index (κ3) is 6.66.